The van der Waals surface area contributed by atoms with Crippen molar-refractivity contribution in [1.82, 2.24) is 25.0 Å². The largest absolute Gasteiger partial charge is 0.473 e. The number of guanidine groups is 1. The number of hydrogen-bond donors (Lipinski definition) is 1. The van der Waals surface area contributed by atoms with E-state index in [4.69, 9.17) is 9.73 Å². The molecule has 0 radical (unpaired) electrons. The van der Waals surface area contributed by atoms with Gasteiger partial charge in [0.05, 0.1) is 18.4 Å². The second-order valence-electron chi connectivity index (χ2n) is 7.75. The van der Waals surface area contributed by atoms with Crippen molar-refractivity contribution in [1.29, 1.82) is 0 Å². The molecule has 172 valence electrons. The van der Waals surface area contributed by atoms with E-state index in [1.165, 1.54) is 0 Å². The maximum atomic E-state index is 12.8. The quantitative estimate of drug-likeness (QED) is 0.441. The van der Waals surface area contributed by atoms with Crippen LogP contribution in [0.2, 0.25) is 0 Å². The molecular formula is C24H29N7O2. The highest BCUT2D eigenvalue weighted by Crippen LogP contribution is 2.19. The first-order valence-electron chi connectivity index (χ1n) is 11.1. The van der Waals surface area contributed by atoms with Crippen LogP contribution in [-0.2, 0) is 25.0 Å². The Kier molecular flexibility index (Phi) is 7.19. The topological polar surface area (TPSA) is 87.9 Å². The zero-order valence-corrected chi connectivity index (χ0v) is 19.0. The number of rotatable bonds is 7. The summed E-state index contributed by atoms with van der Waals surface area (Å²) in [5, 5.41) is 7.48. The average Bonchev–Trinajstić information content (AvgIpc) is 3.27. The number of aromatic nitrogens is 3. The van der Waals surface area contributed by atoms with E-state index in [1.807, 2.05) is 67.5 Å². The Morgan fingerprint density at radius 2 is 2.03 bits per heavy atom. The van der Waals surface area contributed by atoms with E-state index in [1.54, 1.807) is 22.0 Å². The monoisotopic (exact) mass is 447 g/mol. The maximum Gasteiger partial charge on any atom is 0.246 e. The van der Waals surface area contributed by atoms with Gasteiger partial charge in [0.25, 0.3) is 0 Å². The Bertz CT molecular complexity index is 1100. The van der Waals surface area contributed by atoms with Crippen LogP contribution in [0.15, 0.2) is 66.0 Å². The molecule has 0 saturated carbocycles. The first-order valence-corrected chi connectivity index (χ1v) is 11.1. The highest BCUT2D eigenvalue weighted by molar-refractivity contribution is 5.98. The molecule has 9 heteroatoms. The third-order valence-electron chi connectivity index (χ3n) is 5.33. The summed E-state index contributed by atoms with van der Waals surface area (Å²) in [6, 6.07) is 13.8. The van der Waals surface area contributed by atoms with Crippen LogP contribution in [0.5, 0.6) is 5.88 Å². The predicted molar refractivity (Wildman–Crippen MR) is 127 cm³/mol. The molecule has 0 atom stereocenters. The van der Waals surface area contributed by atoms with Gasteiger partial charge in [-0.1, -0.05) is 36.4 Å². The zero-order chi connectivity index (χ0) is 23.0. The summed E-state index contributed by atoms with van der Waals surface area (Å²) >= 11 is 0. The van der Waals surface area contributed by atoms with Crippen molar-refractivity contribution in [3.63, 3.8) is 0 Å². The number of amides is 1. The third-order valence-corrected chi connectivity index (χ3v) is 5.33. The van der Waals surface area contributed by atoms with Gasteiger partial charge >= 0.3 is 0 Å². The molecule has 3 aromatic rings. The van der Waals surface area contributed by atoms with Crippen LogP contribution < -0.4 is 15.0 Å². The van der Waals surface area contributed by atoms with Crippen LogP contribution >= 0.6 is 0 Å². The van der Waals surface area contributed by atoms with Crippen LogP contribution in [0.4, 0.5) is 5.69 Å². The number of benzene rings is 1. The van der Waals surface area contributed by atoms with Gasteiger partial charge in [0.1, 0.15) is 13.2 Å². The van der Waals surface area contributed by atoms with Gasteiger partial charge in [-0.05, 0) is 18.6 Å². The summed E-state index contributed by atoms with van der Waals surface area (Å²) < 4.78 is 7.66. The Hall–Kier alpha value is -3.88. The lowest BCUT2D eigenvalue weighted by Gasteiger charge is -2.35. The van der Waals surface area contributed by atoms with Gasteiger partial charge in [-0.25, -0.2) is 9.98 Å². The van der Waals surface area contributed by atoms with Gasteiger partial charge in [-0.15, -0.1) is 0 Å². The maximum absolute atomic E-state index is 12.8. The molecule has 1 N–H and O–H groups in total. The minimum absolute atomic E-state index is 0.0214. The molecule has 2 aromatic heterocycles. The molecule has 1 saturated heterocycles. The fourth-order valence-corrected chi connectivity index (χ4v) is 3.66. The van der Waals surface area contributed by atoms with Crippen LogP contribution in [0.3, 0.4) is 0 Å². The fourth-order valence-electron chi connectivity index (χ4n) is 3.66. The van der Waals surface area contributed by atoms with Crippen molar-refractivity contribution in [2.45, 2.75) is 20.1 Å². The number of ether oxygens (including phenoxy) is 1. The molecule has 0 bridgehead atoms. The molecule has 0 spiro atoms. The van der Waals surface area contributed by atoms with Gasteiger partial charge in [0, 0.05) is 44.6 Å². The molecule has 1 amide bonds. The normalized spacial score (nSPS) is 14.5. The molecule has 0 aliphatic carbocycles. The summed E-state index contributed by atoms with van der Waals surface area (Å²) in [6.07, 6.45) is 5.29. The molecule has 1 aliphatic heterocycles. The smallest absolute Gasteiger partial charge is 0.246 e. The van der Waals surface area contributed by atoms with Crippen LogP contribution in [0, 0.1) is 0 Å². The lowest BCUT2D eigenvalue weighted by Crippen LogP contribution is -2.55. The average molecular weight is 448 g/mol. The van der Waals surface area contributed by atoms with E-state index in [0.717, 1.165) is 16.8 Å². The number of carbonyl (C=O) groups excluding carboxylic acids is 1. The second-order valence-corrected chi connectivity index (χ2v) is 7.75. The molecule has 1 aromatic carbocycles. The summed E-state index contributed by atoms with van der Waals surface area (Å²) in [4.78, 5) is 25.7. The lowest BCUT2D eigenvalue weighted by molar-refractivity contribution is -0.120. The van der Waals surface area contributed by atoms with E-state index >= 15 is 0 Å². The van der Waals surface area contributed by atoms with Crippen molar-refractivity contribution in [3.8, 4) is 5.88 Å². The molecule has 9 nitrogen and oxygen atoms in total. The van der Waals surface area contributed by atoms with Crippen LogP contribution in [0.25, 0.3) is 0 Å². The number of hydrogen-bond acceptors (Lipinski definition) is 5. The highest BCUT2D eigenvalue weighted by atomic mass is 16.5. The summed E-state index contributed by atoms with van der Waals surface area (Å²) in [7, 11) is 1.84. The zero-order valence-electron chi connectivity index (χ0n) is 19.0. The number of carbonyl (C=O) groups is 1. The van der Waals surface area contributed by atoms with E-state index in [-0.39, 0.29) is 12.5 Å². The Labute approximate surface area is 193 Å². The van der Waals surface area contributed by atoms with Crippen molar-refractivity contribution in [3.05, 3.63) is 72.2 Å². The number of piperazine rings is 1. The van der Waals surface area contributed by atoms with Crippen LogP contribution in [-0.4, -0.2) is 57.7 Å². The van der Waals surface area contributed by atoms with Crippen LogP contribution in [0.1, 0.15) is 18.1 Å². The van der Waals surface area contributed by atoms with Crippen molar-refractivity contribution >= 4 is 17.6 Å². The molecule has 4 rings (SSSR count). The Balaban J connectivity index is 1.43. The van der Waals surface area contributed by atoms with Crippen molar-refractivity contribution < 1.29 is 9.53 Å². The van der Waals surface area contributed by atoms with E-state index in [2.05, 4.69) is 15.4 Å². The number of nitrogens with zero attached hydrogens (tertiary/aromatic N) is 6. The molecule has 0 unspecified atom stereocenters. The molecular weight excluding hydrogens is 418 g/mol. The second kappa shape index (κ2) is 10.6. The van der Waals surface area contributed by atoms with E-state index in [9.17, 15) is 4.79 Å². The number of pyridine rings is 1. The molecule has 1 fully saturated rings. The van der Waals surface area contributed by atoms with Gasteiger partial charge in [0.2, 0.25) is 11.8 Å². The Morgan fingerprint density at radius 1 is 1.18 bits per heavy atom. The number of nitrogens with one attached hydrogen (secondary N) is 1. The van der Waals surface area contributed by atoms with Crippen molar-refractivity contribution in [2.24, 2.45) is 12.0 Å². The predicted octanol–water partition coefficient (Wildman–Crippen LogP) is 2.21. The molecule has 33 heavy (non-hydrogen) atoms. The van der Waals surface area contributed by atoms with Gasteiger partial charge in [-0.2, -0.15) is 5.10 Å². The first-order chi connectivity index (χ1) is 16.1. The van der Waals surface area contributed by atoms with E-state index < -0.39 is 0 Å². The fraction of sp³-hybridized carbons (Fsp3) is 0.333. The lowest BCUT2D eigenvalue weighted by atomic mass is 10.2. The molecule has 3 heterocycles. The first kappa shape index (κ1) is 22.3. The Morgan fingerprint density at radius 3 is 2.76 bits per heavy atom. The highest BCUT2D eigenvalue weighted by Gasteiger charge is 2.27. The number of anilines is 1. The van der Waals surface area contributed by atoms with Gasteiger partial charge < -0.3 is 19.9 Å². The number of aryl methyl sites for hydroxylation is 1. The third kappa shape index (κ3) is 5.68. The van der Waals surface area contributed by atoms with Gasteiger partial charge in [0.15, 0.2) is 5.96 Å². The summed E-state index contributed by atoms with van der Waals surface area (Å²) in [6.45, 7) is 5.08. The summed E-state index contributed by atoms with van der Waals surface area (Å²) in [5.41, 5.74) is 2.79. The van der Waals surface area contributed by atoms with Gasteiger partial charge in [-0.3, -0.25) is 9.48 Å². The van der Waals surface area contributed by atoms with E-state index in [0.29, 0.717) is 44.6 Å². The molecule has 1 aliphatic rings. The summed E-state index contributed by atoms with van der Waals surface area (Å²) in [5.74, 6) is 1.29. The minimum atomic E-state index is 0.0214. The SMILES string of the molecule is CCNC(=NCc1cccnc1OCc1ccccc1)N1CCN(c2cnn(C)c2)C(=O)C1. The minimum Gasteiger partial charge on any atom is -0.473 e. The number of aliphatic imine (C=N–C) groups is 1. The van der Waals surface area contributed by atoms with Crippen molar-refractivity contribution in [2.75, 3.05) is 31.1 Å². The standard InChI is InChI=1S/C24H29N7O2/c1-3-25-24(30-12-13-31(22(32)17-30)21-15-28-29(2)16-21)27-14-20-10-7-11-26-23(20)33-18-19-8-5-4-6-9-19/h4-11,15-16H,3,12-14,17-18H2,1-2H3,(H,25,27).